The van der Waals surface area contributed by atoms with E-state index in [9.17, 15) is 31.5 Å². The SMILES string of the molecule is O=C(Cn1cc(C(F)(F)F)cc(Cl)c1=O)Nc1ccc(SC(F)F)cc1. The van der Waals surface area contributed by atoms with Gasteiger partial charge in [-0.3, -0.25) is 9.59 Å². The number of pyridine rings is 1. The number of alkyl halides is 5. The summed E-state index contributed by atoms with van der Waals surface area (Å²) in [6.45, 7) is -0.698. The quantitative estimate of drug-likeness (QED) is 0.582. The average molecular weight is 413 g/mol. The third kappa shape index (κ3) is 5.46. The molecular weight excluding hydrogens is 403 g/mol. The Balaban J connectivity index is 2.12. The number of nitrogens with one attached hydrogen (secondary N) is 1. The molecule has 1 aromatic heterocycles. The average Bonchev–Trinajstić information content (AvgIpc) is 2.52. The second-order valence-corrected chi connectivity index (χ2v) is 6.43. The fourth-order valence-electron chi connectivity index (χ4n) is 1.95. The molecule has 0 spiro atoms. The van der Waals surface area contributed by atoms with Crippen molar-refractivity contribution in [3.8, 4) is 0 Å². The third-order valence-corrected chi connectivity index (χ3v) is 4.04. The van der Waals surface area contributed by atoms with Crippen LogP contribution in [0.4, 0.5) is 27.6 Å². The van der Waals surface area contributed by atoms with Gasteiger partial charge in [-0.05, 0) is 30.3 Å². The molecule has 2 aromatic rings. The zero-order valence-electron chi connectivity index (χ0n) is 12.7. The Hall–Kier alpha value is -2.07. The van der Waals surface area contributed by atoms with Crippen LogP contribution in [0.15, 0.2) is 46.2 Å². The minimum Gasteiger partial charge on any atom is -0.325 e. The van der Waals surface area contributed by atoms with Crippen LogP contribution in [-0.4, -0.2) is 16.2 Å². The molecule has 0 aliphatic heterocycles. The fourth-order valence-corrected chi connectivity index (χ4v) is 2.67. The molecule has 11 heteroatoms. The van der Waals surface area contributed by atoms with E-state index in [4.69, 9.17) is 11.6 Å². The zero-order valence-corrected chi connectivity index (χ0v) is 14.3. The van der Waals surface area contributed by atoms with Crippen LogP contribution in [0.2, 0.25) is 5.02 Å². The summed E-state index contributed by atoms with van der Waals surface area (Å²) in [5.74, 6) is -3.37. The second-order valence-electron chi connectivity index (χ2n) is 4.96. The molecule has 1 aromatic carbocycles. The van der Waals surface area contributed by atoms with E-state index in [0.717, 1.165) is 0 Å². The summed E-state index contributed by atoms with van der Waals surface area (Å²) in [6.07, 6.45) is -4.23. The van der Waals surface area contributed by atoms with Crippen molar-refractivity contribution in [1.82, 2.24) is 4.57 Å². The number of hydrogen-bond acceptors (Lipinski definition) is 3. The first-order valence-corrected chi connectivity index (χ1v) is 8.14. The first kappa shape index (κ1) is 20.2. The van der Waals surface area contributed by atoms with Crippen molar-refractivity contribution in [2.75, 3.05) is 5.32 Å². The maximum atomic E-state index is 12.8. The van der Waals surface area contributed by atoms with Crippen molar-refractivity contribution in [3.05, 3.63) is 57.5 Å². The summed E-state index contributed by atoms with van der Waals surface area (Å²) in [4.78, 5) is 24.0. The third-order valence-electron chi connectivity index (χ3n) is 3.05. The lowest BCUT2D eigenvalue weighted by atomic mass is 10.2. The van der Waals surface area contributed by atoms with E-state index in [-0.39, 0.29) is 10.6 Å². The van der Waals surface area contributed by atoms with E-state index in [2.05, 4.69) is 5.32 Å². The van der Waals surface area contributed by atoms with Gasteiger partial charge in [0.25, 0.3) is 11.3 Å². The minimum atomic E-state index is -4.73. The molecule has 140 valence electrons. The fraction of sp³-hybridized carbons (Fsp3) is 0.200. The van der Waals surface area contributed by atoms with Gasteiger partial charge in [0.1, 0.15) is 11.6 Å². The smallest absolute Gasteiger partial charge is 0.325 e. The summed E-state index contributed by atoms with van der Waals surface area (Å²) in [7, 11) is 0. The highest BCUT2D eigenvalue weighted by molar-refractivity contribution is 7.99. The number of aromatic nitrogens is 1. The van der Waals surface area contributed by atoms with E-state index < -0.39 is 40.5 Å². The highest BCUT2D eigenvalue weighted by Gasteiger charge is 2.32. The molecular formula is C15H10ClF5N2O2S. The number of carbonyl (C=O) groups excluding carboxylic acids is 1. The van der Waals surface area contributed by atoms with Gasteiger partial charge in [0.2, 0.25) is 5.91 Å². The molecule has 0 unspecified atom stereocenters. The summed E-state index contributed by atoms with van der Waals surface area (Å²) in [5.41, 5.74) is -1.87. The van der Waals surface area contributed by atoms with Crippen LogP contribution >= 0.6 is 23.4 Å². The van der Waals surface area contributed by atoms with Crippen LogP contribution in [0.1, 0.15) is 5.56 Å². The molecule has 0 saturated carbocycles. The number of thioether (sulfide) groups is 1. The van der Waals surface area contributed by atoms with Gasteiger partial charge in [-0.25, -0.2) is 0 Å². The Morgan fingerprint density at radius 3 is 2.38 bits per heavy atom. The standard InChI is InChI=1S/C15H10ClF5N2O2S/c16-11-5-8(15(19,20)21)6-23(13(11)25)7-12(24)22-9-1-3-10(4-2-9)26-14(17)18/h1-6,14H,7H2,(H,22,24). The van der Waals surface area contributed by atoms with Gasteiger partial charge >= 0.3 is 6.18 Å². The maximum Gasteiger partial charge on any atom is 0.417 e. The van der Waals surface area contributed by atoms with Gasteiger partial charge in [-0.15, -0.1) is 0 Å². The van der Waals surface area contributed by atoms with E-state index in [1.54, 1.807) is 0 Å². The predicted octanol–water partition coefficient (Wildman–Crippen LogP) is 4.47. The number of carbonyl (C=O) groups is 1. The van der Waals surface area contributed by atoms with Gasteiger partial charge in [-0.1, -0.05) is 23.4 Å². The molecule has 26 heavy (non-hydrogen) atoms. The molecule has 2 rings (SSSR count). The maximum absolute atomic E-state index is 12.8. The zero-order chi connectivity index (χ0) is 19.5. The van der Waals surface area contributed by atoms with Crippen LogP contribution in [0, 0.1) is 0 Å². The number of anilines is 1. The largest absolute Gasteiger partial charge is 0.417 e. The normalized spacial score (nSPS) is 11.7. The number of halogens is 6. The molecule has 0 radical (unpaired) electrons. The molecule has 1 amide bonds. The number of amides is 1. The Kier molecular flexibility index (Phi) is 6.30. The van der Waals surface area contributed by atoms with E-state index >= 15 is 0 Å². The molecule has 0 fully saturated rings. The van der Waals surface area contributed by atoms with Crippen molar-refractivity contribution in [3.63, 3.8) is 0 Å². The van der Waals surface area contributed by atoms with Crippen molar-refractivity contribution in [2.45, 2.75) is 23.4 Å². The molecule has 0 atom stereocenters. The van der Waals surface area contributed by atoms with E-state index in [0.29, 0.717) is 28.6 Å². The molecule has 4 nitrogen and oxygen atoms in total. The summed E-state index contributed by atoms with van der Waals surface area (Å²) in [5, 5.41) is 1.69. The number of benzene rings is 1. The molecule has 1 heterocycles. The number of hydrogen-bond donors (Lipinski definition) is 1. The van der Waals surface area contributed by atoms with E-state index in [1.807, 2.05) is 0 Å². The Morgan fingerprint density at radius 2 is 1.85 bits per heavy atom. The van der Waals surface area contributed by atoms with Crippen molar-refractivity contribution >= 4 is 35.0 Å². The van der Waals surface area contributed by atoms with Gasteiger partial charge < -0.3 is 9.88 Å². The Bertz CT molecular complexity index is 853. The van der Waals surface area contributed by atoms with Crippen LogP contribution in [-0.2, 0) is 17.5 Å². The van der Waals surface area contributed by atoms with E-state index in [1.165, 1.54) is 24.3 Å². The molecule has 0 saturated heterocycles. The van der Waals surface area contributed by atoms with Crippen molar-refractivity contribution in [2.24, 2.45) is 0 Å². The topological polar surface area (TPSA) is 51.1 Å². The Labute approximate surface area is 153 Å². The van der Waals surface area contributed by atoms with Crippen LogP contribution in [0.5, 0.6) is 0 Å². The lowest BCUT2D eigenvalue weighted by molar-refractivity contribution is -0.138. The monoisotopic (exact) mass is 412 g/mol. The lowest BCUT2D eigenvalue weighted by Crippen LogP contribution is -2.29. The van der Waals surface area contributed by atoms with Gasteiger partial charge in [-0.2, -0.15) is 22.0 Å². The summed E-state index contributed by atoms with van der Waals surface area (Å²) >= 11 is 5.82. The van der Waals surface area contributed by atoms with Gasteiger partial charge in [0, 0.05) is 16.8 Å². The van der Waals surface area contributed by atoms with Gasteiger partial charge in [0.15, 0.2) is 0 Å². The summed E-state index contributed by atoms with van der Waals surface area (Å²) in [6, 6.07) is 5.88. The van der Waals surface area contributed by atoms with Crippen molar-refractivity contribution in [1.29, 1.82) is 0 Å². The number of rotatable bonds is 5. The minimum absolute atomic E-state index is 0.236. The molecule has 0 aliphatic carbocycles. The lowest BCUT2D eigenvalue weighted by Gasteiger charge is -2.12. The number of nitrogens with zero attached hydrogens (tertiary/aromatic N) is 1. The van der Waals surface area contributed by atoms with Crippen molar-refractivity contribution < 1.29 is 26.7 Å². The first-order valence-electron chi connectivity index (χ1n) is 6.88. The highest BCUT2D eigenvalue weighted by Crippen LogP contribution is 2.29. The second kappa shape index (κ2) is 8.09. The molecule has 1 N–H and O–H groups in total. The predicted molar refractivity (Wildman–Crippen MR) is 87.6 cm³/mol. The van der Waals surface area contributed by atoms with Gasteiger partial charge in [0.05, 0.1) is 5.56 Å². The molecule has 0 aliphatic rings. The molecule has 0 bridgehead atoms. The highest BCUT2D eigenvalue weighted by atomic mass is 35.5. The Morgan fingerprint density at radius 1 is 1.23 bits per heavy atom. The van der Waals surface area contributed by atoms with Crippen LogP contribution in [0.3, 0.4) is 0 Å². The summed E-state index contributed by atoms with van der Waals surface area (Å²) < 4.78 is 63.3. The van der Waals surface area contributed by atoms with Crippen LogP contribution in [0.25, 0.3) is 0 Å². The van der Waals surface area contributed by atoms with Crippen LogP contribution < -0.4 is 10.9 Å². The first-order chi connectivity index (χ1) is 12.1.